The van der Waals surface area contributed by atoms with Gasteiger partial charge in [-0.15, -0.1) is 0 Å². The van der Waals surface area contributed by atoms with Crippen molar-refractivity contribution in [3.63, 3.8) is 0 Å². The summed E-state index contributed by atoms with van der Waals surface area (Å²) in [5.41, 5.74) is 0.241. The fraction of sp³-hybridized carbons (Fsp3) is 0.500. The van der Waals surface area contributed by atoms with E-state index in [2.05, 4.69) is 4.98 Å². The summed E-state index contributed by atoms with van der Waals surface area (Å²) in [6, 6.07) is 5.30. The highest BCUT2D eigenvalue weighted by atomic mass is 16.5. The lowest BCUT2D eigenvalue weighted by molar-refractivity contribution is -0.0163. The van der Waals surface area contributed by atoms with E-state index in [9.17, 15) is 0 Å². The van der Waals surface area contributed by atoms with Crippen molar-refractivity contribution < 1.29 is 9.47 Å². The monoisotopic (exact) mass is 220 g/mol. The molecule has 1 heterocycles. The smallest absolute Gasteiger partial charge is 0.140 e. The van der Waals surface area contributed by atoms with Crippen molar-refractivity contribution in [3.8, 4) is 11.8 Å². The van der Waals surface area contributed by atoms with Crippen molar-refractivity contribution in [3.05, 3.63) is 24.0 Å². The lowest BCUT2D eigenvalue weighted by atomic mass is 10.2. The lowest BCUT2D eigenvalue weighted by Crippen LogP contribution is -2.22. The van der Waals surface area contributed by atoms with Gasteiger partial charge in [0.1, 0.15) is 24.1 Å². The molecule has 0 saturated heterocycles. The van der Waals surface area contributed by atoms with Crippen LogP contribution in [0.15, 0.2) is 18.3 Å². The van der Waals surface area contributed by atoms with Gasteiger partial charge in [-0.25, -0.2) is 4.98 Å². The van der Waals surface area contributed by atoms with Crippen LogP contribution in [-0.2, 0) is 4.74 Å². The van der Waals surface area contributed by atoms with Gasteiger partial charge in [-0.3, -0.25) is 0 Å². The minimum atomic E-state index is -0.147. The molecule has 0 radical (unpaired) electrons. The molecule has 0 saturated carbocycles. The van der Waals surface area contributed by atoms with E-state index in [1.807, 2.05) is 26.8 Å². The molecule has 0 fully saturated rings. The van der Waals surface area contributed by atoms with Crippen LogP contribution in [0.3, 0.4) is 0 Å². The van der Waals surface area contributed by atoms with E-state index in [-0.39, 0.29) is 5.60 Å². The molecule has 16 heavy (non-hydrogen) atoms. The summed E-state index contributed by atoms with van der Waals surface area (Å²) in [5.74, 6) is 0.650. The first-order chi connectivity index (χ1) is 7.51. The van der Waals surface area contributed by atoms with Crippen molar-refractivity contribution in [1.82, 2.24) is 4.98 Å². The minimum absolute atomic E-state index is 0.147. The standard InChI is InChI=1S/C12H16N2O2/c1-12(2,3)16-7-6-15-11-5-4-10(8-13)14-9-11/h4-5,9H,6-7H2,1-3H3. The second kappa shape index (κ2) is 5.47. The first-order valence-corrected chi connectivity index (χ1v) is 5.14. The topological polar surface area (TPSA) is 55.1 Å². The Labute approximate surface area is 95.8 Å². The zero-order chi connectivity index (χ0) is 12.0. The number of aromatic nitrogens is 1. The van der Waals surface area contributed by atoms with Crippen LogP contribution in [-0.4, -0.2) is 23.8 Å². The highest BCUT2D eigenvalue weighted by molar-refractivity contribution is 5.26. The van der Waals surface area contributed by atoms with Gasteiger partial charge in [-0.2, -0.15) is 5.26 Å². The molecular formula is C12H16N2O2. The maximum atomic E-state index is 8.56. The highest BCUT2D eigenvalue weighted by Crippen LogP contribution is 2.10. The molecule has 86 valence electrons. The maximum absolute atomic E-state index is 8.56. The fourth-order valence-corrected chi connectivity index (χ4v) is 1.04. The Morgan fingerprint density at radius 2 is 2.06 bits per heavy atom. The Morgan fingerprint density at radius 3 is 2.56 bits per heavy atom. The van der Waals surface area contributed by atoms with Crippen molar-refractivity contribution in [1.29, 1.82) is 5.26 Å². The minimum Gasteiger partial charge on any atom is -0.490 e. The van der Waals surface area contributed by atoms with E-state index in [1.165, 1.54) is 6.20 Å². The number of pyridine rings is 1. The summed E-state index contributed by atoms with van der Waals surface area (Å²) in [4.78, 5) is 3.90. The third kappa shape index (κ3) is 4.76. The van der Waals surface area contributed by atoms with Gasteiger partial charge in [-0.05, 0) is 32.9 Å². The van der Waals surface area contributed by atoms with Gasteiger partial charge < -0.3 is 9.47 Å². The summed E-state index contributed by atoms with van der Waals surface area (Å²) in [6.07, 6.45) is 1.54. The van der Waals surface area contributed by atoms with E-state index >= 15 is 0 Å². The third-order valence-corrected chi connectivity index (χ3v) is 1.74. The van der Waals surface area contributed by atoms with Crippen molar-refractivity contribution >= 4 is 0 Å². The average Bonchev–Trinajstić information content (AvgIpc) is 2.24. The van der Waals surface area contributed by atoms with Crippen LogP contribution in [0.25, 0.3) is 0 Å². The molecule has 0 aliphatic carbocycles. The number of hydrogen-bond donors (Lipinski definition) is 0. The lowest BCUT2D eigenvalue weighted by Gasteiger charge is -2.19. The van der Waals surface area contributed by atoms with Crippen LogP contribution >= 0.6 is 0 Å². The Bertz CT molecular complexity index is 360. The number of ether oxygens (including phenoxy) is 2. The zero-order valence-corrected chi connectivity index (χ0v) is 9.86. The second-order valence-corrected chi connectivity index (χ2v) is 4.30. The fourth-order valence-electron chi connectivity index (χ4n) is 1.04. The van der Waals surface area contributed by atoms with E-state index in [1.54, 1.807) is 12.1 Å². The van der Waals surface area contributed by atoms with Crippen LogP contribution in [0.4, 0.5) is 0 Å². The summed E-state index contributed by atoms with van der Waals surface area (Å²) >= 11 is 0. The first-order valence-electron chi connectivity index (χ1n) is 5.14. The number of nitrogens with zero attached hydrogens (tertiary/aromatic N) is 2. The van der Waals surface area contributed by atoms with E-state index in [0.29, 0.717) is 24.7 Å². The number of hydrogen-bond acceptors (Lipinski definition) is 4. The molecule has 4 heteroatoms. The Morgan fingerprint density at radius 1 is 1.31 bits per heavy atom. The molecule has 0 bridgehead atoms. The molecule has 0 aliphatic heterocycles. The molecule has 0 N–H and O–H groups in total. The van der Waals surface area contributed by atoms with Crippen molar-refractivity contribution in [2.75, 3.05) is 13.2 Å². The Kier molecular flexibility index (Phi) is 4.27. The Balaban J connectivity index is 2.30. The van der Waals surface area contributed by atoms with Gasteiger partial charge in [0.15, 0.2) is 0 Å². The molecule has 1 aromatic heterocycles. The van der Waals surface area contributed by atoms with Gasteiger partial charge in [0, 0.05) is 0 Å². The summed E-state index contributed by atoms with van der Waals surface area (Å²) < 4.78 is 10.9. The van der Waals surface area contributed by atoms with Crippen molar-refractivity contribution in [2.45, 2.75) is 26.4 Å². The molecule has 0 spiro atoms. The second-order valence-electron chi connectivity index (χ2n) is 4.30. The van der Waals surface area contributed by atoms with Crippen LogP contribution in [0.2, 0.25) is 0 Å². The van der Waals surface area contributed by atoms with E-state index < -0.39 is 0 Å². The molecule has 0 atom stereocenters. The van der Waals surface area contributed by atoms with Crippen LogP contribution < -0.4 is 4.74 Å². The van der Waals surface area contributed by atoms with Gasteiger partial charge in [-0.1, -0.05) is 0 Å². The van der Waals surface area contributed by atoms with Crippen LogP contribution in [0.1, 0.15) is 26.5 Å². The summed E-state index contributed by atoms with van der Waals surface area (Å²) in [6.45, 7) is 7.00. The van der Waals surface area contributed by atoms with Crippen LogP contribution in [0.5, 0.6) is 5.75 Å². The molecule has 1 rings (SSSR count). The molecular weight excluding hydrogens is 204 g/mol. The predicted molar refractivity (Wildman–Crippen MR) is 60.2 cm³/mol. The normalized spacial score (nSPS) is 10.9. The quantitative estimate of drug-likeness (QED) is 0.729. The highest BCUT2D eigenvalue weighted by Gasteiger charge is 2.09. The number of nitriles is 1. The van der Waals surface area contributed by atoms with Gasteiger partial charge in [0.25, 0.3) is 0 Å². The summed E-state index contributed by atoms with van der Waals surface area (Å²) in [5, 5.41) is 8.56. The third-order valence-electron chi connectivity index (χ3n) is 1.74. The number of rotatable bonds is 4. The van der Waals surface area contributed by atoms with Gasteiger partial charge in [0.2, 0.25) is 0 Å². The molecule has 0 aromatic carbocycles. The van der Waals surface area contributed by atoms with Gasteiger partial charge >= 0.3 is 0 Å². The van der Waals surface area contributed by atoms with Crippen molar-refractivity contribution in [2.24, 2.45) is 0 Å². The molecule has 4 nitrogen and oxygen atoms in total. The molecule has 0 aliphatic rings. The Hall–Kier alpha value is -1.60. The van der Waals surface area contributed by atoms with E-state index in [0.717, 1.165) is 0 Å². The first kappa shape index (κ1) is 12.5. The predicted octanol–water partition coefficient (Wildman–Crippen LogP) is 2.15. The zero-order valence-electron chi connectivity index (χ0n) is 9.86. The maximum Gasteiger partial charge on any atom is 0.140 e. The van der Waals surface area contributed by atoms with E-state index in [4.69, 9.17) is 14.7 Å². The molecule has 1 aromatic rings. The molecule has 0 unspecified atom stereocenters. The molecule has 0 amide bonds. The SMILES string of the molecule is CC(C)(C)OCCOc1ccc(C#N)nc1. The van der Waals surface area contributed by atoms with Gasteiger partial charge in [0.05, 0.1) is 18.4 Å². The average molecular weight is 220 g/mol. The summed E-state index contributed by atoms with van der Waals surface area (Å²) in [7, 11) is 0. The van der Waals surface area contributed by atoms with Crippen LogP contribution in [0, 0.1) is 11.3 Å². The largest absolute Gasteiger partial charge is 0.490 e.